The molecule has 0 radical (unpaired) electrons. The molecule has 0 bridgehead atoms. The highest BCUT2D eigenvalue weighted by Gasteiger charge is 2.74. The van der Waals surface area contributed by atoms with Crippen LogP contribution in [0.1, 0.15) is 29.5 Å². The number of carbonyl (C=O) groups excluding carboxylic acids is 3. The number of carbonyl (C=O) groups is 3. The van der Waals surface area contributed by atoms with Crippen LogP contribution in [0.15, 0.2) is 30.3 Å². The van der Waals surface area contributed by atoms with Crippen molar-refractivity contribution in [2.45, 2.75) is 38.3 Å². The molecule has 2 aromatic rings. The highest BCUT2D eigenvalue weighted by Crippen LogP contribution is 2.61. The van der Waals surface area contributed by atoms with E-state index in [2.05, 4.69) is 10.2 Å². The van der Waals surface area contributed by atoms with Gasteiger partial charge < -0.3 is 5.32 Å². The first-order chi connectivity index (χ1) is 15.3. The summed E-state index contributed by atoms with van der Waals surface area (Å²) in [5.74, 6) is -2.19. The number of rotatable bonds is 1. The molecule has 6 rings (SSSR count). The minimum Gasteiger partial charge on any atom is -0.324 e. The van der Waals surface area contributed by atoms with E-state index in [-0.39, 0.29) is 23.8 Å². The third-order valence-electron chi connectivity index (χ3n) is 7.84. The molecule has 3 amide bonds. The van der Waals surface area contributed by atoms with E-state index in [0.717, 1.165) is 24.0 Å². The zero-order valence-corrected chi connectivity index (χ0v) is 19.1. The third kappa shape index (κ3) is 2.18. The summed E-state index contributed by atoms with van der Waals surface area (Å²) in [6.45, 7) is 4.33. The number of nitrogens with zero attached hydrogens (tertiary/aromatic N) is 2. The van der Waals surface area contributed by atoms with E-state index in [1.54, 1.807) is 31.2 Å². The first kappa shape index (κ1) is 20.2. The molecule has 6 nitrogen and oxygen atoms in total. The zero-order valence-electron chi connectivity index (χ0n) is 17.6. The van der Waals surface area contributed by atoms with Crippen LogP contribution < -0.4 is 10.2 Å². The predicted molar refractivity (Wildman–Crippen MR) is 122 cm³/mol. The van der Waals surface area contributed by atoms with Crippen molar-refractivity contribution >= 4 is 52.3 Å². The molecule has 4 atom stereocenters. The Morgan fingerprint density at radius 3 is 2.53 bits per heavy atom. The summed E-state index contributed by atoms with van der Waals surface area (Å²) < 4.78 is 0. The Morgan fingerprint density at radius 2 is 1.75 bits per heavy atom. The van der Waals surface area contributed by atoms with E-state index < -0.39 is 17.4 Å². The summed E-state index contributed by atoms with van der Waals surface area (Å²) in [4.78, 5) is 44.8. The number of nitrogens with one attached hydrogen (secondary N) is 1. The molecule has 4 aliphatic rings. The van der Waals surface area contributed by atoms with Gasteiger partial charge in [0.1, 0.15) is 5.54 Å². The summed E-state index contributed by atoms with van der Waals surface area (Å²) in [6.07, 6.45) is 1.65. The van der Waals surface area contributed by atoms with Gasteiger partial charge in [-0.1, -0.05) is 35.3 Å². The fourth-order valence-electron chi connectivity index (χ4n) is 6.47. The average molecular weight is 470 g/mol. The zero-order chi connectivity index (χ0) is 22.5. The van der Waals surface area contributed by atoms with Crippen LogP contribution in [0.5, 0.6) is 0 Å². The minimum atomic E-state index is -1.20. The highest BCUT2D eigenvalue weighted by atomic mass is 35.5. The van der Waals surface area contributed by atoms with Gasteiger partial charge in [0.2, 0.25) is 17.7 Å². The lowest BCUT2D eigenvalue weighted by atomic mass is 9.75. The van der Waals surface area contributed by atoms with Gasteiger partial charge >= 0.3 is 0 Å². The molecule has 1 spiro atoms. The van der Waals surface area contributed by atoms with E-state index in [1.165, 1.54) is 4.90 Å². The molecular weight excluding hydrogens is 449 g/mol. The van der Waals surface area contributed by atoms with Crippen LogP contribution in [-0.4, -0.2) is 35.2 Å². The predicted octanol–water partition coefficient (Wildman–Crippen LogP) is 4.04. The fraction of sp³-hybridized carbons (Fsp3) is 0.375. The van der Waals surface area contributed by atoms with Crippen molar-refractivity contribution in [2.75, 3.05) is 16.8 Å². The number of anilines is 2. The maximum Gasteiger partial charge on any atom is 0.250 e. The van der Waals surface area contributed by atoms with Crippen LogP contribution in [0.3, 0.4) is 0 Å². The van der Waals surface area contributed by atoms with Crippen molar-refractivity contribution in [3.63, 3.8) is 0 Å². The molecule has 4 aliphatic heterocycles. The largest absolute Gasteiger partial charge is 0.324 e. The molecular formula is C24H21Cl2N3O3. The Bertz CT molecular complexity index is 1250. The van der Waals surface area contributed by atoms with Crippen LogP contribution in [0.25, 0.3) is 0 Å². The first-order valence-electron chi connectivity index (χ1n) is 10.8. The lowest BCUT2D eigenvalue weighted by Gasteiger charge is -2.36. The van der Waals surface area contributed by atoms with Gasteiger partial charge in [-0.2, -0.15) is 0 Å². The van der Waals surface area contributed by atoms with E-state index in [9.17, 15) is 14.4 Å². The van der Waals surface area contributed by atoms with Gasteiger partial charge in [0.15, 0.2) is 0 Å². The lowest BCUT2D eigenvalue weighted by Crippen LogP contribution is -2.54. The van der Waals surface area contributed by atoms with E-state index in [4.69, 9.17) is 23.2 Å². The van der Waals surface area contributed by atoms with Crippen LogP contribution in [0.2, 0.25) is 10.0 Å². The number of fused-ring (bicyclic) bond motifs is 7. The molecule has 32 heavy (non-hydrogen) atoms. The van der Waals surface area contributed by atoms with E-state index in [1.807, 2.05) is 13.0 Å². The Kier molecular flexibility index (Phi) is 4.15. The average Bonchev–Trinajstić information content (AvgIpc) is 3.46. The van der Waals surface area contributed by atoms with E-state index >= 15 is 0 Å². The molecule has 0 aliphatic carbocycles. The summed E-state index contributed by atoms with van der Waals surface area (Å²) in [5, 5.41) is 4.05. The second kappa shape index (κ2) is 6.56. The molecule has 164 valence electrons. The van der Waals surface area contributed by atoms with Crippen molar-refractivity contribution in [3.05, 3.63) is 57.1 Å². The number of benzene rings is 2. The topological polar surface area (TPSA) is 69.7 Å². The third-order valence-corrected chi connectivity index (χ3v) is 8.66. The minimum absolute atomic E-state index is 0.159. The number of hydrogen-bond donors (Lipinski definition) is 1. The first-order valence-corrected chi connectivity index (χ1v) is 11.6. The molecule has 8 heteroatoms. The fourth-order valence-corrected chi connectivity index (χ4v) is 6.79. The molecule has 0 saturated carbocycles. The highest BCUT2D eigenvalue weighted by molar-refractivity contribution is 6.33. The smallest absolute Gasteiger partial charge is 0.250 e. The molecule has 0 aromatic heterocycles. The van der Waals surface area contributed by atoms with Gasteiger partial charge in [-0.05, 0) is 62.6 Å². The van der Waals surface area contributed by atoms with Crippen molar-refractivity contribution in [2.24, 2.45) is 11.8 Å². The van der Waals surface area contributed by atoms with E-state index in [0.29, 0.717) is 33.5 Å². The maximum absolute atomic E-state index is 14.0. The van der Waals surface area contributed by atoms with Gasteiger partial charge in [-0.25, -0.2) is 4.90 Å². The Morgan fingerprint density at radius 1 is 1.00 bits per heavy atom. The van der Waals surface area contributed by atoms with Gasteiger partial charge in [-0.15, -0.1) is 0 Å². The van der Waals surface area contributed by atoms with Crippen LogP contribution >= 0.6 is 23.2 Å². The Hall–Kier alpha value is -2.41. The summed E-state index contributed by atoms with van der Waals surface area (Å²) in [7, 11) is 0. The number of hydrogen-bond acceptors (Lipinski definition) is 4. The summed E-state index contributed by atoms with van der Waals surface area (Å²) >= 11 is 12.6. The van der Waals surface area contributed by atoms with Crippen molar-refractivity contribution < 1.29 is 14.4 Å². The molecule has 1 N–H and O–H groups in total. The lowest BCUT2D eigenvalue weighted by molar-refractivity contribution is -0.135. The Labute approximate surface area is 195 Å². The number of imide groups is 1. The second-order valence-electron chi connectivity index (χ2n) is 9.12. The van der Waals surface area contributed by atoms with Gasteiger partial charge in [-0.3, -0.25) is 19.3 Å². The van der Waals surface area contributed by atoms with Crippen LogP contribution in [0.4, 0.5) is 11.4 Å². The molecule has 0 unspecified atom stereocenters. The second-order valence-corrected chi connectivity index (χ2v) is 9.93. The number of amides is 3. The molecule has 4 heterocycles. The normalized spacial score (nSPS) is 30.8. The van der Waals surface area contributed by atoms with Crippen LogP contribution in [-0.2, 0) is 19.9 Å². The Balaban J connectivity index is 1.58. The van der Waals surface area contributed by atoms with Crippen molar-refractivity contribution in [3.8, 4) is 0 Å². The maximum atomic E-state index is 14.0. The molecule has 3 saturated heterocycles. The van der Waals surface area contributed by atoms with Gasteiger partial charge in [0.05, 0.1) is 23.2 Å². The van der Waals surface area contributed by atoms with Gasteiger partial charge in [0.25, 0.3) is 0 Å². The summed E-state index contributed by atoms with van der Waals surface area (Å²) in [6, 6.07) is 8.67. The standard InChI is InChI=1S/C24H21Cl2N3O3/c1-11-14(25)5-3-6-16(11)29-21(30)18-17-7-4-10-28(17)24(19(18)22(29)31)13-8-9-15(26)12(2)20(13)27-23(24)32/h3,5-6,8-9,17-19H,4,7,10H2,1-2H3,(H,27,32)/t17-,18+,19+,24-/m1/s1. The molecule has 2 aromatic carbocycles. The van der Waals surface area contributed by atoms with Crippen LogP contribution in [0, 0.1) is 25.7 Å². The van der Waals surface area contributed by atoms with Crippen molar-refractivity contribution in [1.82, 2.24) is 4.90 Å². The summed E-state index contributed by atoms with van der Waals surface area (Å²) in [5.41, 5.74) is 2.14. The van der Waals surface area contributed by atoms with Crippen molar-refractivity contribution in [1.29, 1.82) is 0 Å². The molecule has 3 fully saturated rings. The quantitative estimate of drug-likeness (QED) is 0.639. The SMILES string of the molecule is Cc1c(Cl)cccc1N1C(=O)[C@H]2[C@H]3CCCN3[C@@]3(C(=O)Nc4c3ccc(Cl)c4C)[C@@H]2C1=O. The van der Waals surface area contributed by atoms with Gasteiger partial charge in [0, 0.05) is 21.7 Å². The monoisotopic (exact) mass is 469 g/mol. The number of halogens is 2.